The number of benzene rings is 2. The van der Waals surface area contributed by atoms with E-state index in [2.05, 4.69) is 0 Å². The number of aryl methyl sites for hydroxylation is 1. The molecule has 1 aliphatic carbocycles. The van der Waals surface area contributed by atoms with Gasteiger partial charge in [-0.25, -0.2) is 8.42 Å². The van der Waals surface area contributed by atoms with Gasteiger partial charge in [0.2, 0.25) is 0 Å². The molecule has 1 unspecified atom stereocenters. The van der Waals surface area contributed by atoms with Crippen LogP contribution in [-0.4, -0.2) is 30.3 Å². The molecule has 0 saturated heterocycles. The minimum atomic E-state index is -3.49. The topological polar surface area (TPSA) is 99.4 Å². The third-order valence-electron chi connectivity index (χ3n) is 5.98. The van der Waals surface area contributed by atoms with Crippen molar-refractivity contribution in [3.63, 3.8) is 0 Å². The molecule has 4 rings (SSSR count). The number of aliphatic hydroxyl groups excluding tert-OH is 1. The summed E-state index contributed by atoms with van der Waals surface area (Å²) >= 11 is 6.02. The fraction of sp³-hybridized carbons (Fsp3) is 0.348. The van der Waals surface area contributed by atoms with Crippen LogP contribution in [0, 0.1) is 0 Å². The van der Waals surface area contributed by atoms with E-state index >= 15 is 0 Å². The Bertz CT molecular complexity index is 1280. The van der Waals surface area contributed by atoms with Gasteiger partial charge in [-0.05, 0) is 61.6 Å². The molecule has 1 aromatic heterocycles. The van der Waals surface area contributed by atoms with E-state index in [9.17, 15) is 23.4 Å². The molecule has 3 aromatic rings. The first-order valence-corrected chi connectivity index (χ1v) is 12.3. The SMILES string of the molecule is CC(O)c1cc(S(C)(=O)=O)cc2c3c(n(Cc4ccc(Cl)cc4)c12)[C@@H](CC(=O)[O-])CC3.[Na+]. The molecule has 1 aliphatic rings. The predicted octanol–water partition coefficient (Wildman–Crippen LogP) is -0.0264. The number of sulfone groups is 1. The van der Waals surface area contributed by atoms with Crippen molar-refractivity contribution >= 4 is 38.3 Å². The number of hydrogen-bond donors (Lipinski definition) is 1. The fourth-order valence-corrected chi connectivity index (χ4v) is 5.43. The van der Waals surface area contributed by atoms with Gasteiger partial charge in [0.05, 0.1) is 16.5 Å². The number of fused-ring (bicyclic) bond motifs is 3. The van der Waals surface area contributed by atoms with Crippen LogP contribution in [-0.2, 0) is 27.6 Å². The van der Waals surface area contributed by atoms with E-state index in [1.807, 2.05) is 16.7 Å². The van der Waals surface area contributed by atoms with Crippen molar-refractivity contribution in [1.29, 1.82) is 0 Å². The van der Waals surface area contributed by atoms with E-state index in [1.54, 1.807) is 25.1 Å². The molecular weight excluding hydrogens is 461 g/mol. The zero-order valence-corrected chi connectivity index (χ0v) is 21.8. The van der Waals surface area contributed by atoms with Gasteiger partial charge in [0.25, 0.3) is 0 Å². The summed E-state index contributed by atoms with van der Waals surface area (Å²) in [6, 6.07) is 10.5. The van der Waals surface area contributed by atoms with Crippen LogP contribution in [0.5, 0.6) is 0 Å². The number of nitrogens with zero attached hydrogens (tertiary/aromatic N) is 1. The van der Waals surface area contributed by atoms with Gasteiger partial charge in [-0.3, -0.25) is 0 Å². The van der Waals surface area contributed by atoms with Crippen molar-refractivity contribution < 1.29 is 53.0 Å². The first-order chi connectivity index (χ1) is 14.6. The molecule has 2 aromatic carbocycles. The summed E-state index contributed by atoms with van der Waals surface area (Å²) in [5.74, 6) is -1.35. The van der Waals surface area contributed by atoms with E-state index < -0.39 is 21.9 Å². The molecule has 0 amide bonds. The second kappa shape index (κ2) is 9.49. The van der Waals surface area contributed by atoms with Gasteiger partial charge in [0, 0.05) is 46.4 Å². The molecule has 1 N–H and O–H groups in total. The molecule has 9 heteroatoms. The number of rotatable bonds is 6. The summed E-state index contributed by atoms with van der Waals surface area (Å²) in [5.41, 5.74) is 4.04. The van der Waals surface area contributed by atoms with Crippen molar-refractivity contribution in [3.05, 3.63) is 63.8 Å². The van der Waals surface area contributed by atoms with Crippen LogP contribution >= 0.6 is 11.6 Å². The van der Waals surface area contributed by atoms with Crippen molar-refractivity contribution in [3.8, 4) is 0 Å². The molecule has 32 heavy (non-hydrogen) atoms. The number of carboxylic acids is 1. The number of aromatic nitrogens is 1. The number of carbonyl (C=O) groups excluding carboxylic acids is 1. The first-order valence-electron chi connectivity index (χ1n) is 10.1. The third-order valence-corrected chi connectivity index (χ3v) is 7.33. The first kappa shape index (κ1) is 25.3. The Morgan fingerprint density at radius 2 is 1.94 bits per heavy atom. The average molecular weight is 484 g/mol. The largest absolute Gasteiger partial charge is 1.00 e. The molecule has 0 bridgehead atoms. The van der Waals surface area contributed by atoms with Gasteiger partial charge in [-0.2, -0.15) is 0 Å². The molecule has 0 aliphatic heterocycles. The van der Waals surface area contributed by atoms with Crippen LogP contribution in [0.3, 0.4) is 0 Å². The molecule has 0 radical (unpaired) electrons. The van der Waals surface area contributed by atoms with Crippen molar-refractivity contribution in [2.75, 3.05) is 6.26 Å². The number of halogens is 1. The summed E-state index contributed by atoms with van der Waals surface area (Å²) in [7, 11) is -3.49. The Labute approximate surface area is 214 Å². The maximum atomic E-state index is 12.3. The van der Waals surface area contributed by atoms with Gasteiger partial charge < -0.3 is 19.6 Å². The zero-order valence-electron chi connectivity index (χ0n) is 18.3. The van der Waals surface area contributed by atoms with E-state index in [-0.39, 0.29) is 46.8 Å². The van der Waals surface area contributed by atoms with Crippen LogP contribution in [0.25, 0.3) is 10.9 Å². The fourth-order valence-electron chi connectivity index (χ4n) is 4.64. The average Bonchev–Trinajstić information content (AvgIpc) is 3.21. The number of hydrogen-bond acceptors (Lipinski definition) is 5. The predicted molar refractivity (Wildman–Crippen MR) is 117 cm³/mol. The van der Waals surface area contributed by atoms with Crippen molar-refractivity contribution in [1.82, 2.24) is 4.57 Å². The summed E-state index contributed by atoms with van der Waals surface area (Å²) < 4.78 is 26.6. The Hall–Kier alpha value is -1.35. The Kier molecular flexibility index (Phi) is 7.49. The molecular formula is C23H23ClNNaO5S. The molecule has 1 heterocycles. The van der Waals surface area contributed by atoms with E-state index in [1.165, 1.54) is 6.07 Å². The molecule has 0 fully saturated rings. The quantitative estimate of drug-likeness (QED) is 0.496. The third kappa shape index (κ3) is 4.79. The minimum Gasteiger partial charge on any atom is -0.550 e. The molecule has 0 saturated carbocycles. The van der Waals surface area contributed by atoms with E-state index in [0.717, 1.165) is 34.0 Å². The minimum absolute atomic E-state index is 0. The second-order valence-corrected chi connectivity index (χ2v) is 10.7. The number of carboxylic acid groups (broad SMARTS) is 1. The number of aliphatic hydroxyl groups is 1. The van der Waals surface area contributed by atoms with Crippen LogP contribution in [0.15, 0.2) is 41.3 Å². The smallest absolute Gasteiger partial charge is 0.550 e. The summed E-state index contributed by atoms with van der Waals surface area (Å²) in [6.45, 7) is 2.05. The van der Waals surface area contributed by atoms with Gasteiger partial charge in [0.1, 0.15) is 0 Å². The Balaban J connectivity index is 0.00000289. The van der Waals surface area contributed by atoms with Gasteiger partial charge in [-0.15, -0.1) is 0 Å². The van der Waals surface area contributed by atoms with Gasteiger partial charge in [-0.1, -0.05) is 23.7 Å². The van der Waals surface area contributed by atoms with E-state index in [0.29, 0.717) is 30.0 Å². The van der Waals surface area contributed by atoms with Crippen molar-refractivity contribution in [2.45, 2.75) is 49.6 Å². The number of carbonyl (C=O) groups is 1. The maximum absolute atomic E-state index is 12.3. The summed E-state index contributed by atoms with van der Waals surface area (Å²) in [5, 5.41) is 23.3. The van der Waals surface area contributed by atoms with Crippen LogP contribution < -0.4 is 34.7 Å². The van der Waals surface area contributed by atoms with E-state index in [4.69, 9.17) is 11.6 Å². The standard InChI is InChI=1S/C23H24ClNO5S.Na/c1-13(26)19-10-17(31(2,29)30)11-20-18-8-5-15(9-21(27)28)22(18)25(23(19)20)12-14-3-6-16(24)7-4-14;/h3-4,6-7,10-11,13,15,26H,5,8-9,12H2,1-2H3,(H,27,28);/q;+1/p-1/t13?,15-;/m1./s1. The molecule has 164 valence electrons. The molecule has 2 atom stereocenters. The molecule has 0 spiro atoms. The zero-order chi connectivity index (χ0) is 22.5. The Morgan fingerprint density at radius 1 is 1.28 bits per heavy atom. The monoisotopic (exact) mass is 483 g/mol. The summed E-state index contributed by atoms with van der Waals surface area (Å²) in [6.07, 6.45) is 1.44. The number of aliphatic carboxylic acids is 1. The van der Waals surface area contributed by atoms with Crippen molar-refractivity contribution in [2.24, 2.45) is 0 Å². The van der Waals surface area contributed by atoms with Crippen LogP contribution in [0.1, 0.15) is 54.2 Å². The van der Waals surface area contributed by atoms with Crippen LogP contribution in [0.2, 0.25) is 5.02 Å². The molecule has 6 nitrogen and oxygen atoms in total. The van der Waals surface area contributed by atoms with Gasteiger partial charge >= 0.3 is 29.6 Å². The second-order valence-electron chi connectivity index (χ2n) is 8.24. The van der Waals surface area contributed by atoms with Crippen LogP contribution in [0.4, 0.5) is 0 Å². The Morgan fingerprint density at radius 3 is 2.50 bits per heavy atom. The normalized spacial score (nSPS) is 16.6. The van der Waals surface area contributed by atoms with Gasteiger partial charge in [0.15, 0.2) is 9.84 Å². The summed E-state index contributed by atoms with van der Waals surface area (Å²) in [4.78, 5) is 11.5. The maximum Gasteiger partial charge on any atom is 1.00 e.